The first-order valence-electron chi connectivity index (χ1n) is 5.13. The average molecular weight is 275 g/mol. The molecule has 0 aliphatic rings. The fourth-order valence-electron chi connectivity index (χ4n) is 1.23. The van der Waals surface area contributed by atoms with Gasteiger partial charge in [0.05, 0.1) is 11.7 Å². The van der Waals surface area contributed by atoms with Crippen LogP contribution in [0.5, 0.6) is 0 Å². The molecule has 5 nitrogen and oxygen atoms in total. The quantitative estimate of drug-likeness (QED) is 0.760. The summed E-state index contributed by atoms with van der Waals surface area (Å²) in [5.41, 5.74) is 5.39. The number of benzene rings is 1. The zero-order valence-electron chi connectivity index (χ0n) is 9.32. The summed E-state index contributed by atoms with van der Waals surface area (Å²) in [4.78, 5) is 21.9. The summed E-state index contributed by atoms with van der Waals surface area (Å²) >= 11 is 5.66. The van der Waals surface area contributed by atoms with Crippen LogP contribution >= 0.6 is 11.6 Å². The standard InChI is InChI=1S/C11H12ClFN2O3/c12-6-1-2-7(13)9(5-6)15-11(18)8(14)3-4-10(16)17/h1-2,5,8H,3-4,14H2,(H,15,18)(H,16,17). The highest BCUT2D eigenvalue weighted by atomic mass is 35.5. The van der Waals surface area contributed by atoms with E-state index in [1.165, 1.54) is 12.1 Å². The maximum absolute atomic E-state index is 13.3. The Hall–Kier alpha value is -1.66. The first-order valence-corrected chi connectivity index (χ1v) is 5.51. The van der Waals surface area contributed by atoms with E-state index in [2.05, 4.69) is 5.32 Å². The van der Waals surface area contributed by atoms with Gasteiger partial charge in [-0.25, -0.2) is 4.39 Å². The maximum atomic E-state index is 13.3. The third kappa shape index (κ3) is 4.31. The SMILES string of the molecule is NC(CCC(=O)O)C(=O)Nc1cc(Cl)ccc1F. The Kier molecular flexibility index (Phi) is 5.06. The van der Waals surface area contributed by atoms with Crippen LogP contribution in [0.3, 0.4) is 0 Å². The molecule has 1 rings (SSSR count). The van der Waals surface area contributed by atoms with Crippen molar-refractivity contribution >= 4 is 29.2 Å². The summed E-state index contributed by atoms with van der Waals surface area (Å²) in [6.07, 6.45) is -0.254. The zero-order valence-corrected chi connectivity index (χ0v) is 10.1. The van der Waals surface area contributed by atoms with Gasteiger partial charge in [-0.1, -0.05) is 11.6 Å². The van der Waals surface area contributed by atoms with Gasteiger partial charge < -0.3 is 16.2 Å². The number of carbonyl (C=O) groups is 2. The van der Waals surface area contributed by atoms with Crippen LogP contribution in [0.25, 0.3) is 0 Å². The highest BCUT2D eigenvalue weighted by Gasteiger charge is 2.16. The number of carboxylic acids is 1. The summed E-state index contributed by atoms with van der Waals surface area (Å²) in [6.45, 7) is 0. The molecule has 1 unspecified atom stereocenters. The first kappa shape index (κ1) is 14.4. The van der Waals surface area contributed by atoms with Crippen molar-refractivity contribution in [2.24, 2.45) is 5.73 Å². The zero-order chi connectivity index (χ0) is 13.7. The van der Waals surface area contributed by atoms with E-state index in [0.717, 1.165) is 6.07 Å². The summed E-state index contributed by atoms with van der Waals surface area (Å²) in [7, 11) is 0. The second-order valence-corrected chi connectivity index (χ2v) is 4.09. The molecule has 0 saturated carbocycles. The highest BCUT2D eigenvalue weighted by Crippen LogP contribution is 2.19. The molecule has 0 radical (unpaired) electrons. The Balaban J connectivity index is 2.63. The maximum Gasteiger partial charge on any atom is 0.303 e. The van der Waals surface area contributed by atoms with Crippen LogP contribution in [-0.2, 0) is 9.59 Å². The number of amides is 1. The van der Waals surface area contributed by atoms with E-state index in [0.29, 0.717) is 0 Å². The molecule has 0 aliphatic heterocycles. The van der Waals surface area contributed by atoms with Crippen LogP contribution < -0.4 is 11.1 Å². The number of hydrogen-bond donors (Lipinski definition) is 3. The molecule has 0 aliphatic carbocycles. The van der Waals surface area contributed by atoms with Crippen molar-refractivity contribution < 1.29 is 19.1 Å². The number of hydrogen-bond acceptors (Lipinski definition) is 3. The number of halogens is 2. The van der Waals surface area contributed by atoms with Gasteiger partial charge in [-0.3, -0.25) is 9.59 Å². The predicted octanol–water partition coefficient (Wildman–Crippen LogP) is 1.61. The van der Waals surface area contributed by atoms with E-state index in [4.69, 9.17) is 22.4 Å². The van der Waals surface area contributed by atoms with E-state index in [1.54, 1.807) is 0 Å². The minimum Gasteiger partial charge on any atom is -0.481 e. The lowest BCUT2D eigenvalue weighted by atomic mass is 10.1. The molecule has 0 aromatic heterocycles. The Morgan fingerprint density at radius 2 is 2.17 bits per heavy atom. The fourth-order valence-corrected chi connectivity index (χ4v) is 1.40. The van der Waals surface area contributed by atoms with E-state index >= 15 is 0 Å². The number of anilines is 1. The van der Waals surface area contributed by atoms with Gasteiger partial charge in [0.2, 0.25) is 5.91 Å². The van der Waals surface area contributed by atoms with Gasteiger partial charge in [0, 0.05) is 11.4 Å². The molecule has 4 N–H and O–H groups in total. The van der Waals surface area contributed by atoms with Crippen molar-refractivity contribution in [1.82, 2.24) is 0 Å². The second kappa shape index (κ2) is 6.32. The molecular formula is C11H12ClFN2O3. The topological polar surface area (TPSA) is 92.4 Å². The van der Waals surface area contributed by atoms with Crippen LogP contribution in [0.2, 0.25) is 5.02 Å². The van der Waals surface area contributed by atoms with Crippen molar-refractivity contribution in [3.8, 4) is 0 Å². The minimum absolute atomic E-state index is 0.0245. The number of carboxylic acid groups (broad SMARTS) is 1. The molecular weight excluding hydrogens is 263 g/mol. The summed E-state index contributed by atoms with van der Waals surface area (Å²) in [5, 5.41) is 11.0. The number of aliphatic carboxylic acids is 1. The lowest BCUT2D eigenvalue weighted by Gasteiger charge is -2.11. The van der Waals surface area contributed by atoms with E-state index in [-0.39, 0.29) is 23.6 Å². The van der Waals surface area contributed by atoms with Crippen LogP contribution in [0, 0.1) is 5.82 Å². The fraction of sp³-hybridized carbons (Fsp3) is 0.273. The van der Waals surface area contributed by atoms with Crippen molar-refractivity contribution in [3.05, 3.63) is 29.0 Å². The second-order valence-electron chi connectivity index (χ2n) is 3.65. The molecule has 1 aromatic carbocycles. The van der Waals surface area contributed by atoms with Gasteiger partial charge >= 0.3 is 5.97 Å². The molecule has 7 heteroatoms. The van der Waals surface area contributed by atoms with Crippen molar-refractivity contribution in [1.29, 1.82) is 0 Å². The van der Waals surface area contributed by atoms with Gasteiger partial charge in [0.25, 0.3) is 0 Å². The smallest absolute Gasteiger partial charge is 0.303 e. The number of rotatable bonds is 5. The van der Waals surface area contributed by atoms with Gasteiger partial charge in [0.15, 0.2) is 0 Å². The lowest BCUT2D eigenvalue weighted by molar-refractivity contribution is -0.137. The molecule has 1 amide bonds. The van der Waals surface area contributed by atoms with Crippen LogP contribution in [0.4, 0.5) is 10.1 Å². The third-order valence-corrected chi connectivity index (χ3v) is 2.43. The highest BCUT2D eigenvalue weighted by molar-refractivity contribution is 6.30. The summed E-state index contributed by atoms with van der Waals surface area (Å²) in [5.74, 6) is -2.34. The van der Waals surface area contributed by atoms with Gasteiger partial charge in [-0.2, -0.15) is 0 Å². The van der Waals surface area contributed by atoms with E-state index < -0.39 is 23.7 Å². The van der Waals surface area contributed by atoms with Crippen molar-refractivity contribution in [3.63, 3.8) is 0 Å². The van der Waals surface area contributed by atoms with E-state index in [9.17, 15) is 14.0 Å². The third-order valence-electron chi connectivity index (χ3n) is 2.19. The van der Waals surface area contributed by atoms with Gasteiger partial charge in [0.1, 0.15) is 5.82 Å². The molecule has 0 saturated heterocycles. The number of nitrogens with two attached hydrogens (primary N) is 1. The molecule has 0 spiro atoms. The molecule has 1 aromatic rings. The van der Waals surface area contributed by atoms with Gasteiger partial charge in [-0.05, 0) is 24.6 Å². The monoisotopic (exact) mass is 274 g/mol. The molecule has 1 atom stereocenters. The molecule has 0 bridgehead atoms. The van der Waals surface area contributed by atoms with Crippen LogP contribution in [-0.4, -0.2) is 23.0 Å². The normalized spacial score (nSPS) is 11.9. The summed E-state index contributed by atoms with van der Waals surface area (Å²) in [6, 6.07) is 2.69. The van der Waals surface area contributed by atoms with E-state index in [1.807, 2.05) is 0 Å². The average Bonchev–Trinajstić information content (AvgIpc) is 2.30. The Bertz CT molecular complexity index is 468. The van der Waals surface area contributed by atoms with Crippen LogP contribution in [0.15, 0.2) is 18.2 Å². The van der Waals surface area contributed by atoms with Gasteiger partial charge in [-0.15, -0.1) is 0 Å². The Morgan fingerprint density at radius 3 is 2.78 bits per heavy atom. The molecule has 18 heavy (non-hydrogen) atoms. The van der Waals surface area contributed by atoms with Crippen LogP contribution in [0.1, 0.15) is 12.8 Å². The number of carbonyl (C=O) groups excluding carboxylic acids is 1. The minimum atomic E-state index is -1.05. The Labute approximate surface area is 108 Å². The molecule has 98 valence electrons. The van der Waals surface area contributed by atoms with Crippen molar-refractivity contribution in [2.75, 3.05) is 5.32 Å². The lowest BCUT2D eigenvalue weighted by Crippen LogP contribution is -2.36. The predicted molar refractivity (Wildman–Crippen MR) is 64.9 cm³/mol. The number of nitrogens with one attached hydrogen (secondary N) is 1. The van der Waals surface area contributed by atoms with Crippen molar-refractivity contribution in [2.45, 2.75) is 18.9 Å². The largest absolute Gasteiger partial charge is 0.481 e. The summed E-state index contributed by atoms with van der Waals surface area (Å²) < 4.78 is 13.3. The molecule has 0 heterocycles. The first-order chi connectivity index (χ1) is 8.40. The molecule has 0 fully saturated rings. The Morgan fingerprint density at radius 1 is 1.50 bits per heavy atom.